The highest BCUT2D eigenvalue weighted by atomic mass is 79.9. The Morgan fingerprint density at radius 3 is 2.93 bits per heavy atom. The Bertz CT molecular complexity index is 400. The highest BCUT2D eigenvalue weighted by Gasteiger charge is 2.01. The maximum absolute atomic E-state index is 4.24. The van der Waals surface area contributed by atoms with E-state index in [0.717, 1.165) is 10.2 Å². The number of rotatable bonds is 3. The van der Waals surface area contributed by atoms with E-state index in [0.29, 0.717) is 0 Å². The van der Waals surface area contributed by atoms with Crippen LogP contribution in [0.25, 0.3) is 0 Å². The summed E-state index contributed by atoms with van der Waals surface area (Å²) in [4.78, 5) is 5.51. The van der Waals surface area contributed by atoms with E-state index >= 15 is 0 Å². The van der Waals surface area contributed by atoms with Gasteiger partial charge in [-0.1, -0.05) is 12.1 Å². The predicted octanol–water partition coefficient (Wildman–Crippen LogP) is 4.20. The second-order valence-corrected chi connectivity index (χ2v) is 5.50. The molecule has 0 N–H and O–H groups in total. The van der Waals surface area contributed by atoms with Crippen LogP contribution in [0.3, 0.4) is 0 Å². The van der Waals surface area contributed by atoms with Crippen LogP contribution >= 0.6 is 39.0 Å². The molecule has 0 amide bonds. The van der Waals surface area contributed by atoms with Crippen LogP contribution in [0.1, 0.15) is 5.01 Å². The van der Waals surface area contributed by atoms with Crippen molar-refractivity contribution >= 4 is 39.0 Å². The van der Waals surface area contributed by atoms with E-state index in [1.165, 1.54) is 9.90 Å². The minimum Gasteiger partial charge on any atom is -0.249 e. The van der Waals surface area contributed by atoms with Crippen molar-refractivity contribution in [1.29, 1.82) is 0 Å². The largest absolute Gasteiger partial charge is 0.249 e. The van der Waals surface area contributed by atoms with E-state index < -0.39 is 0 Å². The van der Waals surface area contributed by atoms with Gasteiger partial charge in [0, 0.05) is 20.9 Å². The molecule has 1 nitrogen and oxygen atoms in total. The first kappa shape index (κ1) is 10.2. The Balaban J connectivity index is 2.02. The molecule has 72 valence electrons. The third-order valence-electron chi connectivity index (χ3n) is 1.67. The average molecular weight is 286 g/mol. The number of thiazole rings is 1. The zero-order valence-electron chi connectivity index (χ0n) is 7.31. The summed E-state index contributed by atoms with van der Waals surface area (Å²) in [7, 11) is 0. The van der Waals surface area contributed by atoms with Gasteiger partial charge in [0.1, 0.15) is 5.01 Å². The van der Waals surface area contributed by atoms with Gasteiger partial charge in [0.25, 0.3) is 0 Å². The molecule has 0 saturated carbocycles. The highest BCUT2D eigenvalue weighted by molar-refractivity contribution is 9.10. The molecule has 2 aromatic rings. The van der Waals surface area contributed by atoms with Gasteiger partial charge in [0.2, 0.25) is 0 Å². The molecule has 0 fully saturated rings. The topological polar surface area (TPSA) is 12.9 Å². The molecule has 2 rings (SSSR count). The molecule has 1 heterocycles. The number of benzene rings is 1. The Morgan fingerprint density at radius 2 is 2.21 bits per heavy atom. The minimum atomic E-state index is 0.945. The van der Waals surface area contributed by atoms with Crippen LogP contribution in [0.2, 0.25) is 0 Å². The van der Waals surface area contributed by atoms with Crippen molar-refractivity contribution in [1.82, 2.24) is 4.98 Å². The molecule has 0 spiro atoms. The van der Waals surface area contributed by atoms with Gasteiger partial charge in [-0.25, -0.2) is 4.98 Å². The summed E-state index contributed by atoms with van der Waals surface area (Å²) in [6, 6.07) is 8.25. The molecular weight excluding hydrogens is 278 g/mol. The molecule has 0 saturated heterocycles. The lowest BCUT2D eigenvalue weighted by atomic mass is 10.4. The summed E-state index contributed by atoms with van der Waals surface area (Å²) in [5.41, 5.74) is 0. The van der Waals surface area contributed by atoms with E-state index in [9.17, 15) is 0 Å². The summed E-state index contributed by atoms with van der Waals surface area (Å²) in [6.45, 7) is 0. The normalized spacial score (nSPS) is 10.4. The molecule has 1 aromatic heterocycles. The number of halogens is 1. The molecule has 0 bridgehead atoms. The van der Waals surface area contributed by atoms with Crippen LogP contribution in [0.15, 0.2) is 45.2 Å². The summed E-state index contributed by atoms with van der Waals surface area (Å²) >= 11 is 7.03. The number of hydrogen-bond acceptors (Lipinski definition) is 3. The maximum Gasteiger partial charge on any atom is 0.103 e. The van der Waals surface area contributed by atoms with Crippen LogP contribution in [0, 0.1) is 0 Å². The number of nitrogens with zero attached hydrogens (tertiary/aromatic N) is 1. The van der Waals surface area contributed by atoms with E-state index in [1.54, 1.807) is 23.1 Å². The van der Waals surface area contributed by atoms with Gasteiger partial charge in [0.15, 0.2) is 0 Å². The van der Waals surface area contributed by atoms with E-state index in [4.69, 9.17) is 0 Å². The van der Waals surface area contributed by atoms with E-state index in [-0.39, 0.29) is 0 Å². The SMILES string of the molecule is Brc1ccccc1SCc1nccs1. The van der Waals surface area contributed by atoms with Gasteiger partial charge in [-0.05, 0) is 28.1 Å². The highest BCUT2D eigenvalue weighted by Crippen LogP contribution is 2.29. The summed E-state index contributed by atoms with van der Waals surface area (Å²) in [6.07, 6.45) is 1.85. The second-order valence-electron chi connectivity index (χ2n) is 2.64. The maximum atomic E-state index is 4.24. The van der Waals surface area contributed by atoms with Crippen molar-refractivity contribution in [2.75, 3.05) is 0 Å². The predicted molar refractivity (Wildman–Crippen MR) is 65.8 cm³/mol. The van der Waals surface area contributed by atoms with E-state index in [2.05, 4.69) is 39.1 Å². The Hall–Kier alpha value is -0.320. The standard InChI is InChI=1S/C10H8BrNS2/c11-8-3-1-2-4-9(8)14-7-10-12-5-6-13-10/h1-6H,7H2. The fraction of sp³-hybridized carbons (Fsp3) is 0.100. The fourth-order valence-electron chi connectivity index (χ4n) is 1.03. The van der Waals surface area contributed by atoms with Crippen LogP contribution < -0.4 is 0 Å². The zero-order chi connectivity index (χ0) is 9.80. The molecule has 0 aliphatic heterocycles. The molecule has 1 aromatic carbocycles. The molecule has 0 unspecified atom stereocenters. The number of aromatic nitrogens is 1. The summed E-state index contributed by atoms with van der Waals surface area (Å²) in [5, 5.41) is 3.18. The lowest BCUT2D eigenvalue weighted by Crippen LogP contribution is -1.78. The molecule has 0 aliphatic carbocycles. The van der Waals surface area contributed by atoms with Crippen molar-refractivity contribution in [2.24, 2.45) is 0 Å². The number of hydrogen-bond donors (Lipinski definition) is 0. The van der Waals surface area contributed by atoms with Gasteiger partial charge >= 0.3 is 0 Å². The molecule has 0 atom stereocenters. The van der Waals surface area contributed by atoms with Gasteiger partial charge in [-0.15, -0.1) is 23.1 Å². The molecule has 14 heavy (non-hydrogen) atoms. The first-order chi connectivity index (χ1) is 6.86. The Morgan fingerprint density at radius 1 is 1.36 bits per heavy atom. The van der Waals surface area contributed by atoms with Crippen LogP contribution in [-0.4, -0.2) is 4.98 Å². The summed E-state index contributed by atoms with van der Waals surface area (Å²) < 4.78 is 1.15. The van der Waals surface area contributed by atoms with Crippen LogP contribution in [-0.2, 0) is 5.75 Å². The van der Waals surface area contributed by atoms with Crippen LogP contribution in [0.4, 0.5) is 0 Å². The van der Waals surface area contributed by atoms with Gasteiger partial charge in [-0.2, -0.15) is 0 Å². The van der Waals surface area contributed by atoms with Gasteiger partial charge in [0.05, 0.1) is 5.75 Å². The van der Waals surface area contributed by atoms with Crippen molar-refractivity contribution in [2.45, 2.75) is 10.6 Å². The van der Waals surface area contributed by atoms with E-state index in [1.807, 2.05) is 17.6 Å². The quantitative estimate of drug-likeness (QED) is 0.784. The second kappa shape index (κ2) is 4.96. The zero-order valence-corrected chi connectivity index (χ0v) is 10.5. The van der Waals surface area contributed by atoms with Crippen molar-refractivity contribution in [3.05, 3.63) is 45.3 Å². The molecule has 0 radical (unpaired) electrons. The smallest absolute Gasteiger partial charge is 0.103 e. The third-order valence-corrected chi connectivity index (χ3v) is 4.67. The molecular formula is C10H8BrNS2. The average Bonchev–Trinajstić information content (AvgIpc) is 2.69. The number of thioether (sulfide) groups is 1. The first-order valence-corrected chi connectivity index (χ1v) is 6.78. The minimum absolute atomic E-state index is 0.945. The monoisotopic (exact) mass is 285 g/mol. The Kier molecular flexibility index (Phi) is 3.61. The summed E-state index contributed by atoms with van der Waals surface area (Å²) in [5.74, 6) is 0.945. The van der Waals surface area contributed by atoms with Gasteiger partial charge < -0.3 is 0 Å². The van der Waals surface area contributed by atoms with Crippen molar-refractivity contribution < 1.29 is 0 Å². The van der Waals surface area contributed by atoms with Crippen LogP contribution in [0.5, 0.6) is 0 Å². The lowest BCUT2D eigenvalue weighted by Gasteiger charge is -2.01. The fourth-order valence-corrected chi connectivity index (χ4v) is 3.24. The molecule has 4 heteroatoms. The first-order valence-electron chi connectivity index (χ1n) is 4.12. The molecule has 0 aliphatic rings. The van der Waals surface area contributed by atoms with Crippen molar-refractivity contribution in [3.63, 3.8) is 0 Å². The Labute approximate surface area is 99.7 Å². The third kappa shape index (κ3) is 2.59. The van der Waals surface area contributed by atoms with Crippen molar-refractivity contribution in [3.8, 4) is 0 Å². The van der Waals surface area contributed by atoms with Gasteiger partial charge in [-0.3, -0.25) is 0 Å². The lowest BCUT2D eigenvalue weighted by molar-refractivity contribution is 1.26.